The Kier molecular flexibility index (Phi) is 4.72. The van der Waals surface area contributed by atoms with Gasteiger partial charge in [0.05, 0.1) is 22.6 Å². The summed E-state index contributed by atoms with van der Waals surface area (Å²) in [6, 6.07) is 16.3. The zero-order valence-electron chi connectivity index (χ0n) is 12.5. The van der Waals surface area contributed by atoms with E-state index in [1.54, 1.807) is 48.5 Å². The van der Waals surface area contributed by atoms with Gasteiger partial charge in [-0.3, -0.25) is 4.79 Å². The van der Waals surface area contributed by atoms with E-state index in [0.717, 1.165) is 0 Å². The minimum atomic E-state index is -0.361. The summed E-state index contributed by atoms with van der Waals surface area (Å²) in [6.07, 6.45) is 1.51. The van der Waals surface area contributed by atoms with Crippen molar-refractivity contribution in [1.29, 1.82) is 0 Å². The number of anilines is 3. The monoisotopic (exact) mass is 341 g/mol. The van der Waals surface area contributed by atoms with Crippen molar-refractivity contribution < 1.29 is 9.18 Å². The molecule has 0 aliphatic heterocycles. The van der Waals surface area contributed by atoms with Crippen LogP contribution in [0.25, 0.3) is 0 Å². The number of pyridine rings is 1. The lowest BCUT2D eigenvalue weighted by Gasteiger charge is -2.08. The third-order valence-corrected chi connectivity index (χ3v) is 3.56. The van der Waals surface area contributed by atoms with E-state index >= 15 is 0 Å². The topological polar surface area (TPSA) is 54.0 Å². The van der Waals surface area contributed by atoms with Crippen LogP contribution in [-0.4, -0.2) is 10.9 Å². The fraction of sp³-hybridized carbons (Fsp3) is 0. The molecule has 120 valence electrons. The van der Waals surface area contributed by atoms with Gasteiger partial charge < -0.3 is 10.6 Å². The van der Waals surface area contributed by atoms with Gasteiger partial charge in [0.15, 0.2) is 0 Å². The second-order valence-electron chi connectivity index (χ2n) is 5.00. The number of nitrogens with one attached hydrogen (secondary N) is 2. The molecular weight excluding hydrogens is 329 g/mol. The van der Waals surface area contributed by atoms with Crippen molar-refractivity contribution in [2.24, 2.45) is 0 Å². The van der Waals surface area contributed by atoms with E-state index in [1.165, 1.54) is 18.3 Å². The van der Waals surface area contributed by atoms with Gasteiger partial charge in [0, 0.05) is 5.69 Å². The van der Waals surface area contributed by atoms with Crippen LogP contribution < -0.4 is 10.6 Å². The zero-order valence-corrected chi connectivity index (χ0v) is 13.2. The number of hydrogen-bond acceptors (Lipinski definition) is 3. The van der Waals surface area contributed by atoms with E-state index in [0.29, 0.717) is 22.1 Å². The Morgan fingerprint density at radius 1 is 1.00 bits per heavy atom. The number of nitrogens with zero attached hydrogens (tertiary/aromatic N) is 1. The summed E-state index contributed by atoms with van der Waals surface area (Å²) in [5.74, 6) is -0.691. The highest BCUT2D eigenvalue weighted by Crippen LogP contribution is 2.21. The van der Waals surface area contributed by atoms with Crippen LogP contribution in [-0.2, 0) is 0 Å². The molecule has 1 amide bonds. The smallest absolute Gasteiger partial charge is 0.274 e. The normalized spacial score (nSPS) is 10.2. The summed E-state index contributed by atoms with van der Waals surface area (Å²) in [7, 11) is 0. The minimum Gasteiger partial charge on any atom is -0.354 e. The van der Waals surface area contributed by atoms with E-state index in [-0.39, 0.29) is 17.4 Å². The lowest BCUT2D eigenvalue weighted by atomic mass is 10.2. The maximum absolute atomic E-state index is 13.2. The van der Waals surface area contributed by atoms with Gasteiger partial charge in [-0.2, -0.15) is 0 Å². The molecule has 2 aromatic carbocycles. The van der Waals surface area contributed by atoms with Gasteiger partial charge in [0.2, 0.25) is 0 Å². The maximum atomic E-state index is 13.2. The summed E-state index contributed by atoms with van der Waals surface area (Å²) >= 11 is 6.01. The van der Waals surface area contributed by atoms with Crippen molar-refractivity contribution in [3.8, 4) is 0 Å². The van der Waals surface area contributed by atoms with E-state index in [1.807, 2.05) is 0 Å². The molecule has 1 heterocycles. The number of hydrogen-bond donors (Lipinski definition) is 2. The van der Waals surface area contributed by atoms with Crippen LogP contribution in [0.5, 0.6) is 0 Å². The van der Waals surface area contributed by atoms with E-state index in [9.17, 15) is 9.18 Å². The van der Waals surface area contributed by atoms with Gasteiger partial charge in [-0.15, -0.1) is 0 Å². The van der Waals surface area contributed by atoms with Gasteiger partial charge in [-0.1, -0.05) is 29.8 Å². The molecule has 6 heteroatoms. The van der Waals surface area contributed by atoms with Crippen molar-refractivity contribution in [3.05, 3.63) is 83.4 Å². The molecule has 0 aliphatic carbocycles. The number of rotatable bonds is 4. The third kappa shape index (κ3) is 3.88. The number of amides is 1. The second kappa shape index (κ2) is 7.10. The standard InChI is InChI=1S/C18H13ClFN3O/c19-15-6-1-2-7-16(15)23-18(24)17-9-8-14(11-21-17)22-13-5-3-4-12(20)10-13/h1-11,22H,(H,23,24). The lowest BCUT2D eigenvalue weighted by Crippen LogP contribution is -2.13. The van der Waals surface area contributed by atoms with E-state index in [4.69, 9.17) is 11.6 Å². The summed E-state index contributed by atoms with van der Waals surface area (Å²) in [5.41, 5.74) is 2.02. The van der Waals surface area contributed by atoms with E-state index in [2.05, 4.69) is 15.6 Å². The van der Waals surface area contributed by atoms with Crippen LogP contribution in [0.1, 0.15) is 10.5 Å². The largest absolute Gasteiger partial charge is 0.354 e. The average molecular weight is 342 g/mol. The summed E-state index contributed by atoms with van der Waals surface area (Å²) < 4.78 is 13.2. The first-order valence-electron chi connectivity index (χ1n) is 7.16. The van der Waals surface area contributed by atoms with Gasteiger partial charge >= 0.3 is 0 Å². The number of carbonyl (C=O) groups is 1. The highest BCUT2D eigenvalue weighted by molar-refractivity contribution is 6.33. The van der Waals surface area contributed by atoms with Crippen LogP contribution >= 0.6 is 11.6 Å². The van der Waals surface area contributed by atoms with Gasteiger partial charge in [0.1, 0.15) is 11.5 Å². The Bertz CT molecular complexity index is 868. The number of para-hydroxylation sites is 1. The minimum absolute atomic E-state index is 0.250. The molecule has 0 unspecified atom stereocenters. The van der Waals surface area contributed by atoms with Gasteiger partial charge in [-0.25, -0.2) is 9.37 Å². The molecule has 0 aliphatic rings. The first kappa shape index (κ1) is 16.0. The van der Waals surface area contributed by atoms with Crippen molar-refractivity contribution in [2.45, 2.75) is 0 Å². The number of benzene rings is 2. The fourth-order valence-corrected chi connectivity index (χ4v) is 2.27. The highest BCUT2D eigenvalue weighted by Gasteiger charge is 2.09. The molecule has 0 fully saturated rings. The molecule has 0 radical (unpaired) electrons. The maximum Gasteiger partial charge on any atom is 0.274 e. The Morgan fingerprint density at radius 3 is 2.54 bits per heavy atom. The predicted octanol–water partition coefficient (Wildman–Crippen LogP) is 4.87. The van der Waals surface area contributed by atoms with Crippen LogP contribution in [0.15, 0.2) is 66.9 Å². The Labute approximate surface area is 143 Å². The highest BCUT2D eigenvalue weighted by atomic mass is 35.5. The van der Waals surface area contributed by atoms with Crippen LogP contribution in [0, 0.1) is 5.82 Å². The summed E-state index contributed by atoms with van der Waals surface area (Å²) in [5, 5.41) is 6.17. The Hall–Kier alpha value is -2.92. The fourth-order valence-electron chi connectivity index (χ4n) is 2.08. The second-order valence-corrected chi connectivity index (χ2v) is 5.41. The molecule has 0 atom stereocenters. The number of aromatic nitrogens is 1. The third-order valence-electron chi connectivity index (χ3n) is 3.23. The van der Waals surface area contributed by atoms with Crippen LogP contribution in [0.3, 0.4) is 0 Å². The van der Waals surface area contributed by atoms with Crippen LogP contribution in [0.4, 0.5) is 21.5 Å². The average Bonchev–Trinajstić information content (AvgIpc) is 2.57. The van der Waals surface area contributed by atoms with Crippen molar-refractivity contribution in [2.75, 3.05) is 10.6 Å². The lowest BCUT2D eigenvalue weighted by molar-refractivity contribution is 0.102. The Balaban J connectivity index is 1.70. The molecule has 0 saturated heterocycles. The molecular formula is C18H13ClFN3O. The van der Waals surface area contributed by atoms with Crippen LogP contribution in [0.2, 0.25) is 5.02 Å². The van der Waals surface area contributed by atoms with Crippen molar-refractivity contribution in [1.82, 2.24) is 4.98 Å². The molecule has 4 nitrogen and oxygen atoms in total. The zero-order chi connectivity index (χ0) is 16.9. The quantitative estimate of drug-likeness (QED) is 0.711. The first-order chi connectivity index (χ1) is 11.6. The summed E-state index contributed by atoms with van der Waals surface area (Å²) in [4.78, 5) is 16.3. The first-order valence-corrected chi connectivity index (χ1v) is 7.54. The molecule has 0 spiro atoms. The SMILES string of the molecule is O=C(Nc1ccccc1Cl)c1ccc(Nc2cccc(F)c2)cn1. The Morgan fingerprint density at radius 2 is 1.83 bits per heavy atom. The predicted molar refractivity (Wildman–Crippen MR) is 93.3 cm³/mol. The molecule has 0 bridgehead atoms. The molecule has 3 aromatic rings. The van der Waals surface area contributed by atoms with Gasteiger partial charge in [-0.05, 0) is 42.5 Å². The number of halogens is 2. The summed E-state index contributed by atoms with van der Waals surface area (Å²) in [6.45, 7) is 0. The van der Waals surface area contributed by atoms with Crippen molar-refractivity contribution >= 4 is 34.6 Å². The molecule has 24 heavy (non-hydrogen) atoms. The number of carbonyl (C=O) groups excluding carboxylic acids is 1. The van der Waals surface area contributed by atoms with E-state index < -0.39 is 0 Å². The molecule has 1 aromatic heterocycles. The molecule has 2 N–H and O–H groups in total. The van der Waals surface area contributed by atoms with Gasteiger partial charge in [0.25, 0.3) is 5.91 Å². The molecule has 0 saturated carbocycles. The van der Waals surface area contributed by atoms with Crippen molar-refractivity contribution in [3.63, 3.8) is 0 Å². The molecule has 3 rings (SSSR count).